The zero-order valence-corrected chi connectivity index (χ0v) is 16.9. The number of benzene rings is 1. The van der Waals surface area contributed by atoms with Gasteiger partial charge in [-0.15, -0.1) is 12.4 Å². The van der Waals surface area contributed by atoms with Gasteiger partial charge in [-0.05, 0) is 43.9 Å². The third kappa shape index (κ3) is 5.59. The number of anilines is 1. The molecule has 6 nitrogen and oxygen atoms in total. The second-order valence-corrected chi connectivity index (χ2v) is 7.16. The minimum atomic E-state index is -0.0233. The summed E-state index contributed by atoms with van der Waals surface area (Å²) in [5.41, 5.74) is 1.98. The molecule has 3 rings (SSSR count). The molecule has 2 heterocycles. The van der Waals surface area contributed by atoms with Gasteiger partial charge in [0, 0.05) is 44.3 Å². The molecule has 0 radical (unpaired) electrons. The first-order chi connectivity index (χ1) is 12.7. The monoisotopic (exact) mass is 394 g/mol. The predicted octanol–water partition coefficient (Wildman–Crippen LogP) is 3.08. The largest absolute Gasteiger partial charge is 0.326 e. The first-order valence-corrected chi connectivity index (χ1v) is 9.82. The lowest BCUT2D eigenvalue weighted by Gasteiger charge is -2.34. The van der Waals surface area contributed by atoms with E-state index in [9.17, 15) is 9.59 Å². The molecule has 0 bridgehead atoms. The van der Waals surface area contributed by atoms with E-state index in [-0.39, 0.29) is 30.3 Å². The molecule has 1 aromatic rings. The van der Waals surface area contributed by atoms with E-state index in [4.69, 9.17) is 0 Å². The number of hydrogen-bond donors (Lipinski definition) is 2. The maximum Gasteiger partial charge on any atom is 0.319 e. The molecule has 0 spiro atoms. The number of carbonyl (C=O) groups is 2. The van der Waals surface area contributed by atoms with Crippen molar-refractivity contribution in [3.05, 3.63) is 29.8 Å². The molecule has 27 heavy (non-hydrogen) atoms. The highest BCUT2D eigenvalue weighted by molar-refractivity contribution is 5.93. The number of para-hydroxylation sites is 1. The molecule has 150 valence electrons. The predicted molar refractivity (Wildman–Crippen MR) is 110 cm³/mol. The van der Waals surface area contributed by atoms with Gasteiger partial charge >= 0.3 is 6.03 Å². The molecular formula is C20H31ClN4O2. The maximum atomic E-state index is 12.7. The molecular weight excluding hydrogens is 364 g/mol. The Balaban J connectivity index is 0.00000261. The number of rotatable bonds is 5. The Hall–Kier alpha value is -1.79. The number of amides is 3. The smallest absolute Gasteiger partial charge is 0.319 e. The van der Waals surface area contributed by atoms with E-state index >= 15 is 0 Å². The molecule has 2 fully saturated rings. The third-order valence-electron chi connectivity index (χ3n) is 5.35. The molecule has 2 saturated heterocycles. The molecule has 2 N–H and O–H groups in total. The van der Waals surface area contributed by atoms with Crippen molar-refractivity contribution in [2.75, 3.05) is 38.0 Å². The summed E-state index contributed by atoms with van der Waals surface area (Å²) in [5.74, 6) is 0.0482. The Bertz CT molecular complexity index is 626. The highest BCUT2D eigenvalue weighted by atomic mass is 35.5. The number of urea groups is 1. The molecule has 0 unspecified atom stereocenters. The zero-order chi connectivity index (χ0) is 18.4. The lowest BCUT2D eigenvalue weighted by molar-refractivity contribution is -0.121. The summed E-state index contributed by atoms with van der Waals surface area (Å²) in [5, 5.41) is 6.40. The fourth-order valence-corrected chi connectivity index (χ4v) is 3.73. The lowest BCUT2D eigenvalue weighted by atomic mass is 9.95. The third-order valence-corrected chi connectivity index (χ3v) is 5.35. The maximum absolute atomic E-state index is 12.7. The van der Waals surface area contributed by atoms with Crippen molar-refractivity contribution >= 4 is 30.0 Å². The highest BCUT2D eigenvalue weighted by Gasteiger charge is 2.30. The first kappa shape index (κ1) is 21.5. The topological polar surface area (TPSA) is 64.7 Å². The van der Waals surface area contributed by atoms with Gasteiger partial charge in [0.25, 0.3) is 0 Å². The molecule has 3 amide bonds. The summed E-state index contributed by atoms with van der Waals surface area (Å²) in [4.78, 5) is 29.0. The van der Waals surface area contributed by atoms with E-state index < -0.39 is 0 Å². The Kier molecular flexibility index (Phi) is 8.38. The normalized spacial score (nSPS) is 17.5. The van der Waals surface area contributed by atoms with Crippen LogP contribution in [-0.4, -0.2) is 54.5 Å². The van der Waals surface area contributed by atoms with Crippen LogP contribution in [0.2, 0.25) is 0 Å². The number of hydrogen-bond acceptors (Lipinski definition) is 3. The molecule has 2 aliphatic rings. The van der Waals surface area contributed by atoms with Crippen LogP contribution in [0.5, 0.6) is 0 Å². The van der Waals surface area contributed by atoms with Gasteiger partial charge in [-0.1, -0.05) is 25.1 Å². The SMILES string of the molecule is CCNCc1ccccc1NC(=O)C1CCN(C(=O)N2CCCC2)CC1.Cl. The molecule has 7 heteroatoms. The quantitative estimate of drug-likeness (QED) is 0.806. The zero-order valence-electron chi connectivity index (χ0n) is 16.1. The van der Waals surface area contributed by atoms with Crippen LogP contribution in [0, 0.1) is 5.92 Å². The number of nitrogens with zero attached hydrogens (tertiary/aromatic N) is 2. The van der Waals surface area contributed by atoms with Crippen molar-refractivity contribution in [3.8, 4) is 0 Å². The second-order valence-electron chi connectivity index (χ2n) is 7.16. The summed E-state index contributed by atoms with van der Waals surface area (Å²) < 4.78 is 0. The second kappa shape index (κ2) is 10.5. The van der Waals surface area contributed by atoms with E-state index in [2.05, 4.69) is 17.6 Å². The molecule has 0 atom stereocenters. The highest BCUT2D eigenvalue weighted by Crippen LogP contribution is 2.23. The van der Waals surface area contributed by atoms with Crippen LogP contribution < -0.4 is 10.6 Å². The van der Waals surface area contributed by atoms with Crippen molar-refractivity contribution in [1.29, 1.82) is 0 Å². The van der Waals surface area contributed by atoms with Crippen molar-refractivity contribution < 1.29 is 9.59 Å². The minimum absolute atomic E-state index is 0. The molecule has 1 aromatic carbocycles. The van der Waals surface area contributed by atoms with E-state index in [0.29, 0.717) is 13.1 Å². The van der Waals surface area contributed by atoms with Crippen LogP contribution in [0.15, 0.2) is 24.3 Å². The van der Waals surface area contributed by atoms with Gasteiger partial charge in [0.15, 0.2) is 0 Å². The number of nitrogens with one attached hydrogen (secondary N) is 2. The van der Waals surface area contributed by atoms with E-state index in [1.165, 1.54) is 0 Å². The van der Waals surface area contributed by atoms with Crippen molar-refractivity contribution in [2.24, 2.45) is 5.92 Å². The number of carbonyl (C=O) groups excluding carboxylic acids is 2. The van der Waals surface area contributed by atoms with E-state index in [1.807, 2.05) is 34.1 Å². The minimum Gasteiger partial charge on any atom is -0.326 e. The van der Waals surface area contributed by atoms with Crippen molar-refractivity contribution in [1.82, 2.24) is 15.1 Å². The number of halogens is 1. The van der Waals surface area contributed by atoms with Crippen LogP contribution in [0.3, 0.4) is 0 Å². The van der Waals surface area contributed by atoms with Gasteiger partial charge < -0.3 is 20.4 Å². The lowest BCUT2D eigenvalue weighted by Crippen LogP contribution is -2.47. The number of piperidine rings is 1. The van der Waals surface area contributed by atoms with E-state index in [1.54, 1.807) is 0 Å². The first-order valence-electron chi connectivity index (χ1n) is 9.82. The van der Waals surface area contributed by atoms with Gasteiger partial charge in [-0.25, -0.2) is 4.79 Å². The molecule has 2 aliphatic heterocycles. The molecule has 0 aliphatic carbocycles. The van der Waals surface area contributed by atoms with Gasteiger partial charge in [0.05, 0.1) is 0 Å². The average Bonchev–Trinajstić information content (AvgIpc) is 3.21. The van der Waals surface area contributed by atoms with Gasteiger partial charge in [-0.2, -0.15) is 0 Å². The van der Waals surface area contributed by atoms with Crippen LogP contribution >= 0.6 is 12.4 Å². The standard InChI is InChI=1S/C20H30N4O2.ClH/c1-2-21-15-17-7-3-4-8-18(17)22-19(25)16-9-13-24(14-10-16)20(26)23-11-5-6-12-23;/h3-4,7-8,16,21H,2,5-6,9-15H2,1H3,(H,22,25);1H. The number of likely N-dealkylation sites (tertiary alicyclic amines) is 2. The summed E-state index contributed by atoms with van der Waals surface area (Å²) >= 11 is 0. The Labute approximate surface area is 168 Å². The van der Waals surface area contributed by atoms with Crippen LogP contribution in [-0.2, 0) is 11.3 Å². The molecule has 0 saturated carbocycles. The van der Waals surface area contributed by atoms with Crippen molar-refractivity contribution in [2.45, 2.75) is 39.2 Å². The Morgan fingerprint density at radius 2 is 1.67 bits per heavy atom. The van der Waals surface area contributed by atoms with Crippen molar-refractivity contribution in [3.63, 3.8) is 0 Å². The Morgan fingerprint density at radius 3 is 2.33 bits per heavy atom. The van der Waals surface area contributed by atoms with E-state index in [0.717, 1.165) is 63.1 Å². The van der Waals surface area contributed by atoms with Crippen LogP contribution in [0.1, 0.15) is 38.2 Å². The van der Waals surface area contributed by atoms with Gasteiger partial charge in [-0.3, -0.25) is 4.79 Å². The Morgan fingerprint density at radius 1 is 1.04 bits per heavy atom. The fourth-order valence-electron chi connectivity index (χ4n) is 3.73. The van der Waals surface area contributed by atoms with Gasteiger partial charge in [0.1, 0.15) is 0 Å². The fraction of sp³-hybridized carbons (Fsp3) is 0.600. The van der Waals surface area contributed by atoms with Gasteiger partial charge in [0.2, 0.25) is 5.91 Å². The molecule has 0 aromatic heterocycles. The summed E-state index contributed by atoms with van der Waals surface area (Å²) in [6.45, 7) is 6.81. The average molecular weight is 395 g/mol. The van der Waals surface area contributed by atoms with Crippen LogP contribution in [0.25, 0.3) is 0 Å². The summed E-state index contributed by atoms with van der Waals surface area (Å²) in [6.07, 6.45) is 3.69. The van der Waals surface area contributed by atoms with Crippen LogP contribution in [0.4, 0.5) is 10.5 Å². The summed E-state index contributed by atoms with van der Waals surface area (Å²) in [7, 11) is 0. The summed E-state index contributed by atoms with van der Waals surface area (Å²) in [6, 6.07) is 8.08.